The van der Waals surface area contributed by atoms with E-state index in [4.69, 9.17) is 34.7 Å². The van der Waals surface area contributed by atoms with Crippen LogP contribution in [-0.4, -0.2) is 11.9 Å². The zero-order valence-electron chi connectivity index (χ0n) is 8.86. The number of aliphatic imine (C=N–C) groups is 1. The average molecular weight is 272 g/mol. The molecule has 4 N–H and O–H groups in total. The van der Waals surface area contributed by atoms with E-state index in [9.17, 15) is 4.79 Å². The quantitative estimate of drug-likeness (QED) is 0.637. The molecule has 0 heterocycles. The number of nitrogens with zero attached hydrogens (tertiary/aromatic N) is 1. The normalized spacial score (nSPS) is 22.0. The summed E-state index contributed by atoms with van der Waals surface area (Å²) in [5.74, 6) is -0.574. The summed E-state index contributed by atoms with van der Waals surface area (Å²) in [5, 5.41) is 1.15. The van der Waals surface area contributed by atoms with Crippen molar-refractivity contribution in [3.05, 3.63) is 33.8 Å². The Morgan fingerprint density at radius 1 is 1.35 bits per heavy atom. The molecule has 4 nitrogen and oxygen atoms in total. The maximum atomic E-state index is 11.6. The summed E-state index contributed by atoms with van der Waals surface area (Å²) in [6.07, 6.45) is 0.719. The molecule has 2 rings (SSSR count). The first-order valence-electron chi connectivity index (χ1n) is 5.07. The molecule has 0 saturated heterocycles. The number of halogens is 2. The number of guanidine groups is 1. The Morgan fingerprint density at radius 3 is 2.65 bits per heavy atom. The number of hydrogen-bond donors (Lipinski definition) is 2. The van der Waals surface area contributed by atoms with Gasteiger partial charge in [-0.05, 0) is 30.0 Å². The Morgan fingerprint density at radius 2 is 2.06 bits per heavy atom. The summed E-state index contributed by atoms with van der Waals surface area (Å²) in [6.45, 7) is 0. The first-order valence-corrected chi connectivity index (χ1v) is 5.83. The van der Waals surface area contributed by atoms with Gasteiger partial charge in [-0.3, -0.25) is 4.79 Å². The summed E-state index contributed by atoms with van der Waals surface area (Å²) in [7, 11) is 0. The lowest BCUT2D eigenvalue weighted by molar-refractivity contribution is -0.119. The summed E-state index contributed by atoms with van der Waals surface area (Å²) in [6, 6.07) is 5.25. The third-order valence-electron chi connectivity index (χ3n) is 2.71. The largest absolute Gasteiger partial charge is 0.370 e. The van der Waals surface area contributed by atoms with Crippen molar-refractivity contribution in [2.75, 3.05) is 0 Å². The van der Waals surface area contributed by atoms with Crippen LogP contribution in [0.2, 0.25) is 10.0 Å². The SMILES string of the molecule is NC(N)=NC(=O)C1CC1c1ccc(Cl)cc1Cl. The van der Waals surface area contributed by atoms with E-state index in [1.54, 1.807) is 12.1 Å². The van der Waals surface area contributed by atoms with Crippen molar-refractivity contribution in [2.24, 2.45) is 22.4 Å². The minimum Gasteiger partial charge on any atom is -0.370 e. The van der Waals surface area contributed by atoms with Crippen molar-refractivity contribution in [3.63, 3.8) is 0 Å². The molecule has 0 radical (unpaired) electrons. The summed E-state index contributed by atoms with van der Waals surface area (Å²) >= 11 is 11.9. The fourth-order valence-electron chi connectivity index (χ4n) is 1.82. The van der Waals surface area contributed by atoms with E-state index >= 15 is 0 Å². The topological polar surface area (TPSA) is 81.5 Å². The van der Waals surface area contributed by atoms with Gasteiger partial charge in [0.05, 0.1) is 0 Å². The molecule has 1 aromatic rings. The van der Waals surface area contributed by atoms with Crippen LogP contribution in [0.5, 0.6) is 0 Å². The fraction of sp³-hybridized carbons (Fsp3) is 0.273. The van der Waals surface area contributed by atoms with Crippen molar-refractivity contribution < 1.29 is 4.79 Å². The van der Waals surface area contributed by atoms with Gasteiger partial charge in [-0.25, -0.2) is 0 Å². The first-order chi connectivity index (χ1) is 7.99. The Kier molecular flexibility index (Phi) is 3.26. The molecule has 0 aliphatic heterocycles. The van der Waals surface area contributed by atoms with E-state index in [0.717, 1.165) is 12.0 Å². The molecule has 17 heavy (non-hydrogen) atoms. The highest BCUT2D eigenvalue weighted by atomic mass is 35.5. The molecule has 2 atom stereocenters. The van der Waals surface area contributed by atoms with Crippen LogP contribution in [-0.2, 0) is 4.79 Å². The number of carbonyl (C=O) groups excluding carboxylic acids is 1. The van der Waals surface area contributed by atoms with Crippen LogP contribution in [0.3, 0.4) is 0 Å². The van der Waals surface area contributed by atoms with Crippen LogP contribution in [0.25, 0.3) is 0 Å². The van der Waals surface area contributed by atoms with Gasteiger partial charge in [-0.1, -0.05) is 29.3 Å². The van der Waals surface area contributed by atoms with Gasteiger partial charge >= 0.3 is 0 Å². The van der Waals surface area contributed by atoms with Crippen molar-refractivity contribution >= 4 is 35.1 Å². The number of rotatable bonds is 2. The number of nitrogens with two attached hydrogens (primary N) is 2. The third-order valence-corrected chi connectivity index (χ3v) is 3.27. The van der Waals surface area contributed by atoms with E-state index < -0.39 is 0 Å². The smallest absolute Gasteiger partial charge is 0.252 e. The molecule has 0 spiro atoms. The van der Waals surface area contributed by atoms with Gasteiger partial charge in [0, 0.05) is 16.0 Å². The van der Waals surface area contributed by atoms with Gasteiger partial charge in [0.25, 0.3) is 5.91 Å². The van der Waals surface area contributed by atoms with Crippen LogP contribution in [0.1, 0.15) is 17.9 Å². The second-order valence-electron chi connectivity index (χ2n) is 3.99. The molecular weight excluding hydrogens is 261 g/mol. The summed E-state index contributed by atoms with van der Waals surface area (Å²) in [4.78, 5) is 15.1. The van der Waals surface area contributed by atoms with Crippen LogP contribution >= 0.6 is 23.2 Å². The minimum absolute atomic E-state index is 0.0929. The Hall–Kier alpha value is -1.26. The lowest BCUT2D eigenvalue weighted by Crippen LogP contribution is -2.24. The lowest BCUT2D eigenvalue weighted by atomic mass is 10.1. The predicted octanol–water partition coefficient (Wildman–Crippen LogP) is 1.90. The highest BCUT2D eigenvalue weighted by Gasteiger charge is 2.44. The number of benzene rings is 1. The van der Waals surface area contributed by atoms with E-state index in [-0.39, 0.29) is 23.7 Å². The van der Waals surface area contributed by atoms with Gasteiger partial charge in [0.1, 0.15) is 0 Å². The maximum Gasteiger partial charge on any atom is 0.252 e. The van der Waals surface area contributed by atoms with Gasteiger partial charge in [-0.15, -0.1) is 0 Å². The Balaban J connectivity index is 2.13. The zero-order chi connectivity index (χ0) is 12.6. The van der Waals surface area contributed by atoms with Crippen LogP contribution in [0, 0.1) is 5.92 Å². The molecule has 1 saturated carbocycles. The Bertz CT molecular complexity index is 497. The van der Waals surface area contributed by atoms with Crippen LogP contribution < -0.4 is 11.5 Å². The van der Waals surface area contributed by atoms with Gasteiger partial charge in [0.2, 0.25) is 0 Å². The molecule has 0 aromatic heterocycles. The molecule has 1 amide bonds. The molecule has 90 valence electrons. The van der Waals surface area contributed by atoms with Gasteiger partial charge in [-0.2, -0.15) is 4.99 Å². The molecule has 6 heteroatoms. The zero-order valence-corrected chi connectivity index (χ0v) is 10.4. The Labute approximate surface area is 109 Å². The molecular formula is C11H11Cl2N3O. The highest BCUT2D eigenvalue weighted by molar-refractivity contribution is 6.35. The maximum absolute atomic E-state index is 11.6. The van der Waals surface area contributed by atoms with E-state index in [0.29, 0.717) is 10.0 Å². The minimum atomic E-state index is -0.291. The van der Waals surface area contributed by atoms with Crippen LogP contribution in [0.4, 0.5) is 0 Å². The second-order valence-corrected chi connectivity index (χ2v) is 4.83. The summed E-state index contributed by atoms with van der Waals surface area (Å²) in [5.41, 5.74) is 11.2. The molecule has 1 aromatic carbocycles. The van der Waals surface area contributed by atoms with Gasteiger partial charge < -0.3 is 11.5 Å². The monoisotopic (exact) mass is 271 g/mol. The van der Waals surface area contributed by atoms with Crippen molar-refractivity contribution in [1.29, 1.82) is 0 Å². The predicted molar refractivity (Wildman–Crippen MR) is 68.1 cm³/mol. The molecule has 1 aliphatic rings. The molecule has 0 bridgehead atoms. The van der Waals surface area contributed by atoms with Crippen LogP contribution in [0.15, 0.2) is 23.2 Å². The van der Waals surface area contributed by atoms with Crippen molar-refractivity contribution in [2.45, 2.75) is 12.3 Å². The highest BCUT2D eigenvalue weighted by Crippen LogP contribution is 2.50. The molecule has 1 fully saturated rings. The summed E-state index contributed by atoms with van der Waals surface area (Å²) < 4.78 is 0. The fourth-order valence-corrected chi connectivity index (χ4v) is 2.37. The third kappa shape index (κ3) is 2.70. The second kappa shape index (κ2) is 4.55. The number of hydrogen-bond acceptors (Lipinski definition) is 1. The van der Waals surface area contributed by atoms with Crippen molar-refractivity contribution in [1.82, 2.24) is 0 Å². The average Bonchev–Trinajstić information content (AvgIpc) is 2.96. The molecule has 1 aliphatic carbocycles. The van der Waals surface area contributed by atoms with Crippen molar-refractivity contribution in [3.8, 4) is 0 Å². The van der Waals surface area contributed by atoms with Gasteiger partial charge in [0.15, 0.2) is 5.96 Å². The number of amides is 1. The standard InChI is InChI=1S/C11H11Cl2N3O/c12-5-1-2-6(9(13)3-5)7-4-8(7)10(17)16-11(14)15/h1-3,7-8H,4H2,(H4,14,15,16,17). The number of carbonyl (C=O) groups is 1. The van der Waals surface area contributed by atoms with E-state index in [1.807, 2.05) is 6.07 Å². The lowest BCUT2D eigenvalue weighted by Gasteiger charge is -2.02. The van der Waals surface area contributed by atoms with E-state index in [2.05, 4.69) is 4.99 Å². The first kappa shape index (κ1) is 12.2. The van der Waals surface area contributed by atoms with E-state index in [1.165, 1.54) is 0 Å². The molecule has 2 unspecified atom stereocenters.